The standard InChI is InChI=1S/C14H10IN3O3/c15-12-5-1-3-10(7-12)8-16-17-9-11-4-2-6-13(14(11)19)18(20)21/h1-9,19H/p-1/b16-8-,17-9-. The summed E-state index contributed by atoms with van der Waals surface area (Å²) in [5, 5.41) is 30.0. The number of halogens is 1. The van der Waals surface area contributed by atoms with Gasteiger partial charge in [0.15, 0.2) is 0 Å². The summed E-state index contributed by atoms with van der Waals surface area (Å²) >= 11 is 2.18. The molecule has 0 N–H and O–H groups in total. The van der Waals surface area contributed by atoms with Gasteiger partial charge in [-0.05, 0) is 51.6 Å². The van der Waals surface area contributed by atoms with Crippen molar-refractivity contribution in [1.82, 2.24) is 0 Å². The average Bonchev–Trinajstić information content (AvgIpc) is 2.45. The van der Waals surface area contributed by atoms with Gasteiger partial charge in [0.2, 0.25) is 0 Å². The van der Waals surface area contributed by atoms with Gasteiger partial charge in [-0.3, -0.25) is 10.1 Å². The Morgan fingerprint density at radius 2 is 1.81 bits per heavy atom. The van der Waals surface area contributed by atoms with Crippen LogP contribution >= 0.6 is 22.6 Å². The summed E-state index contributed by atoms with van der Waals surface area (Å²) in [5.41, 5.74) is 0.532. The van der Waals surface area contributed by atoms with E-state index in [9.17, 15) is 15.2 Å². The van der Waals surface area contributed by atoms with E-state index in [0.717, 1.165) is 15.2 Å². The van der Waals surface area contributed by atoms with Crippen LogP contribution in [0.25, 0.3) is 0 Å². The number of para-hydroxylation sites is 1. The summed E-state index contributed by atoms with van der Waals surface area (Å²) in [5.74, 6) is -0.671. The molecule has 7 heteroatoms. The van der Waals surface area contributed by atoms with E-state index in [2.05, 4.69) is 32.8 Å². The maximum Gasteiger partial charge on any atom is 0.262 e. The van der Waals surface area contributed by atoms with E-state index in [1.165, 1.54) is 18.3 Å². The fraction of sp³-hybridized carbons (Fsp3) is 0. The Morgan fingerprint density at radius 1 is 1.10 bits per heavy atom. The van der Waals surface area contributed by atoms with Crippen molar-refractivity contribution in [3.8, 4) is 5.75 Å². The normalized spacial score (nSPS) is 11.3. The third kappa shape index (κ3) is 4.09. The molecule has 2 rings (SSSR count). The molecule has 2 aromatic rings. The minimum Gasteiger partial charge on any atom is -0.867 e. The molecule has 0 saturated heterocycles. The highest BCUT2D eigenvalue weighted by molar-refractivity contribution is 14.1. The van der Waals surface area contributed by atoms with Crippen LogP contribution in [0.4, 0.5) is 5.69 Å². The average molecular weight is 394 g/mol. The number of rotatable bonds is 4. The van der Waals surface area contributed by atoms with Crippen LogP contribution in [0.3, 0.4) is 0 Å². The van der Waals surface area contributed by atoms with Crippen LogP contribution in [0, 0.1) is 13.7 Å². The van der Waals surface area contributed by atoms with E-state index in [1.54, 1.807) is 6.21 Å². The number of hydrogen-bond acceptors (Lipinski definition) is 5. The second-order valence-corrected chi connectivity index (χ2v) is 5.24. The number of nitro benzene ring substituents is 1. The summed E-state index contributed by atoms with van der Waals surface area (Å²) in [7, 11) is 0. The van der Waals surface area contributed by atoms with E-state index in [-0.39, 0.29) is 5.56 Å². The Labute approximate surface area is 134 Å². The van der Waals surface area contributed by atoms with Gasteiger partial charge in [0.25, 0.3) is 5.69 Å². The van der Waals surface area contributed by atoms with Crippen LogP contribution in [-0.2, 0) is 0 Å². The summed E-state index contributed by atoms with van der Waals surface area (Å²) in [6.45, 7) is 0. The fourth-order valence-electron chi connectivity index (χ4n) is 1.57. The Balaban J connectivity index is 2.15. The fourth-order valence-corrected chi connectivity index (χ4v) is 2.14. The summed E-state index contributed by atoms with van der Waals surface area (Å²) in [6.07, 6.45) is 2.75. The molecule has 0 unspecified atom stereocenters. The number of benzene rings is 2. The zero-order valence-electron chi connectivity index (χ0n) is 10.6. The lowest BCUT2D eigenvalue weighted by Gasteiger charge is -2.08. The zero-order valence-corrected chi connectivity index (χ0v) is 12.8. The lowest BCUT2D eigenvalue weighted by molar-refractivity contribution is -0.398. The first-order valence-electron chi connectivity index (χ1n) is 5.84. The lowest BCUT2D eigenvalue weighted by atomic mass is 10.2. The highest BCUT2D eigenvalue weighted by Gasteiger charge is 2.07. The molecule has 0 aliphatic rings. The number of hydrogen-bond donors (Lipinski definition) is 0. The van der Waals surface area contributed by atoms with E-state index < -0.39 is 16.4 Å². The molecule has 0 atom stereocenters. The SMILES string of the molecule is O=[N+]([O-])c1cccc(/C=N\N=C/c2cccc(I)c2)c1[O-]. The molecule has 0 fully saturated rings. The summed E-state index contributed by atoms with van der Waals surface area (Å²) in [6, 6.07) is 11.7. The predicted molar refractivity (Wildman–Crippen MR) is 86.9 cm³/mol. The van der Waals surface area contributed by atoms with Gasteiger partial charge in [-0.15, -0.1) is 0 Å². The molecule has 106 valence electrons. The molecule has 21 heavy (non-hydrogen) atoms. The zero-order chi connectivity index (χ0) is 15.2. The summed E-state index contributed by atoms with van der Waals surface area (Å²) in [4.78, 5) is 9.94. The van der Waals surface area contributed by atoms with Gasteiger partial charge in [0, 0.05) is 9.64 Å². The van der Waals surface area contributed by atoms with Crippen molar-refractivity contribution in [2.75, 3.05) is 0 Å². The first-order valence-corrected chi connectivity index (χ1v) is 6.92. The Hall–Kier alpha value is -2.29. The van der Waals surface area contributed by atoms with E-state index >= 15 is 0 Å². The van der Waals surface area contributed by atoms with Crippen molar-refractivity contribution in [3.05, 3.63) is 67.3 Å². The van der Waals surface area contributed by atoms with Crippen molar-refractivity contribution in [2.45, 2.75) is 0 Å². The van der Waals surface area contributed by atoms with Crippen molar-refractivity contribution < 1.29 is 10.0 Å². The monoisotopic (exact) mass is 394 g/mol. The van der Waals surface area contributed by atoms with Crippen LogP contribution in [-0.4, -0.2) is 17.4 Å². The minimum atomic E-state index is -0.713. The lowest BCUT2D eigenvalue weighted by Crippen LogP contribution is -2.01. The van der Waals surface area contributed by atoms with Crippen LogP contribution in [0.2, 0.25) is 0 Å². The van der Waals surface area contributed by atoms with Crippen LogP contribution in [0.5, 0.6) is 5.75 Å². The van der Waals surface area contributed by atoms with Crippen molar-refractivity contribution in [1.29, 1.82) is 0 Å². The van der Waals surface area contributed by atoms with Crippen LogP contribution in [0.15, 0.2) is 52.7 Å². The maximum atomic E-state index is 11.7. The second-order valence-electron chi connectivity index (χ2n) is 4.00. The number of nitrogens with zero attached hydrogens (tertiary/aromatic N) is 3. The third-order valence-electron chi connectivity index (χ3n) is 2.54. The molecule has 0 radical (unpaired) electrons. The first kappa shape index (κ1) is 15.1. The number of nitro groups is 1. The first-order chi connectivity index (χ1) is 10.1. The largest absolute Gasteiger partial charge is 0.867 e. The Kier molecular flexibility index (Phi) is 4.99. The molecule has 0 spiro atoms. The molecular formula is C14H9IN3O3-. The summed E-state index contributed by atoms with van der Waals surface area (Å²) < 4.78 is 1.07. The van der Waals surface area contributed by atoms with Gasteiger partial charge in [0.05, 0.1) is 17.4 Å². The van der Waals surface area contributed by atoms with Gasteiger partial charge < -0.3 is 5.11 Å². The molecule has 2 aromatic carbocycles. The molecular weight excluding hydrogens is 385 g/mol. The van der Waals surface area contributed by atoms with E-state index in [1.807, 2.05) is 24.3 Å². The smallest absolute Gasteiger partial charge is 0.262 e. The molecule has 0 aromatic heterocycles. The third-order valence-corrected chi connectivity index (χ3v) is 3.21. The molecule has 6 nitrogen and oxygen atoms in total. The minimum absolute atomic E-state index is 0.129. The molecule has 0 amide bonds. The highest BCUT2D eigenvalue weighted by atomic mass is 127. The van der Waals surface area contributed by atoms with Crippen LogP contribution in [0.1, 0.15) is 11.1 Å². The topological polar surface area (TPSA) is 90.9 Å². The molecule has 0 aliphatic carbocycles. The van der Waals surface area contributed by atoms with Gasteiger partial charge in [-0.25, -0.2) is 0 Å². The van der Waals surface area contributed by atoms with Gasteiger partial charge in [-0.1, -0.05) is 24.3 Å². The molecule has 0 bridgehead atoms. The van der Waals surface area contributed by atoms with Gasteiger partial charge in [0.1, 0.15) is 0 Å². The molecule has 0 heterocycles. The second kappa shape index (κ2) is 6.93. The van der Waals surface area contributed by atoms with E-state index in [4.69, 9.17) is 0 Å². The van der Waals surface area contributed by atoms with Crippen molar-refractivity contribution in [2.24, 2.45) is 10.2 Å². The maximum absolute atomic E-state index is 11.7. The molecule has 0 aliphatic heterocycles. The van der Waals surface area contributed by atoms with Crippen molar-refractivity contribution >= 4 is 40.7 Å². The van der Waals surface area contributed by atoms with Gasteiger partial charge >= 0.3 is 0 Å². The Bertz CT molecular complexity index is 729. The van der Waals surface area contributed by atoms with E-state index in [0.29, 0.717) is 0 Å². The predicted octanol–water partition coefficient (Wildman–Crippen LogP) is 2.73. The quantitative estimate of drug-likeness (QED) is 0.346. The molecule has 0 saturated carbocycles. The Morgan fingerprint density at radius 3 is 2.52 bits per heavy atom. The van der Waals surface area contributed by atoms with Crippen molar-refractivity contribution in [3.63, 3.8) is 0 Å². The van der Waals surface area contributed by atoms with Crippen LogP contribution < -0.4 is 5.11 Å². The highest BCUT2D eigenvalue weighted by Crippen LogP contribution is 2.25. The van der Waals surface area contributed by atoms with Gasteiger partial charge in [-0.2, -0.15) is 10.2 Å².